The number of aliphatic carboxylic acids is 1. The fourth-order valence-corrected chi connectivity index (χ4v) is 1.21. The minimum atomic E-state index is -0.745. The van der Waals surface area contributed by atoms with Crippen molar-refractivity contribution in [1.82, 2.24) is 0 Å². The molecule has 0 saturated heterocycles. The molecule has 0 amide bonds. The average molecular weight is 190 g/mol. The third kappa shape index (κ3) is 3.90. The molecule has 0 aromatic heterocycles. The zero-order chi connectivity index (χ0) is 10.4. The van der Waals surface area contributed by atoms with Gasteiger partial charge in [0.15, 0.2) is 0 Å². The molecule has 2 heteroatoms. The van der Waals surface area contributed by atoms with E-state index in [1.54, 1.807) is 0 Å². The summed E-state index contributed by atoms with van der Waals surface area (Å²) in [5.74, 6) is -0.745. The van der Waals surface area contributed by atoms with E-state index >= 15 is 0 Å². The van der Waals surface area contributed by atoms with Crippen molar-refractivity contribution >= 4 is 12.0 Å². The van der Waals surface area contributed by atoms with Crippen molar-refractivity contribution in [3.63, 3.8) is 0 Å². The molecule has 0 bridgehead atoms. The maximum absolute atomic E-state index is 10.3. The second-order valence-electron chi connectivity index (χ2n) is 3.30. The summed E-state index contributed by atoms with van der Waals surface area (Å²) in [4.78, 5) is 10.3. The molecule has 0 radical (unpaired) electrons. The van der Waals surface area contributed by atoms with Crippen LogP contribution >= 0.6 is 0 Å². The van der Waals surface area contributed by atoms with Crippen molar-refractivity contribution in [2.45, 2.75) is 19.8 Å². The van der Waals surface area contributed by atoms with Gasteiger partial charge in [-0.3, -0.25) is 4.79 Å². The minimum Gasteiger partial charge on any atom is -0.481 e. The SMILES string of the molecule is CC(=Cc1ccccc1)CCC(=O)O. The van der Waals surface area contributed by atoms with Gasteiger partial charge in [0.05, 0.1) is 0 Å². The van der Waals surface area contributed by atoms with E-state index in [4.69, 9.17) is 5.11 Å². The molecule has 0 heterocycles. The lowest BCUT2D eigenvalue weighted by Gasteiger charge is -1.98. The number of allylic oxidation sites excluding steroid dienone is 1. The summed E-state index contributed by atoms with van der Waals surface area (Å²) < 4.78 is 0. The molecule has 74 valence electrons. The Bertz CT molecular complexity index is 325. The van der Waals surface area contributed by atoms with Crippen LogP contribution in [0.15, 0.2) is 35.9 Å². The summed E-state index contributed by atoms with van der Waals surface area (Å²) in [7, 11) is 0. The van der Waals surface area contributed by atoms with E-state index in [9.17, 15) is 4.79 Å². The van der Waals surface area contributed by atoms with Gasteiger partial charge in [0.2, 0.25) is 0 Å². The summed E-state index contributed by atoms with van der Waals surface area (Å²) in [6, 6.07) is 9.91. The van der Waals surface area contributed by atoms with Crippen molar-refractivity contribution in [2.24, 2.45) is 0 Å². The zero-order valence-corrected chi connectivity index (χ0v) is 8.23. The highest BCUT2D eigenvalue weighted by molar-refractivity contribution is 5.67. The second-order valence-corrected chi connectivity index (χ2v) is 3.30. The molecular formula is C12H14O2. The summed E-state index contributed by atoms with van der Waals surface area (Å²) in [6.07, 6.45) is 2.84. The summed E-state index contributed by atoms with van der Waals surface area (Å²) in [5.41, 5.74) is 2.22. The van der Waals surface area contributed by atoms with Crippen molar-refractivity contribution in [3.05, 3.63) is 41.5 Å². The third-order valence-corrected chi connectivity index (χ3v) is 1.95. The number of carboxylic acid groups (broad SMARTS) is 1. The summed E-state index contributed by atoms with van der Waals surface area (Å²) in [6.45, 7) is 1.95. The van der Waals surface area contributed by atoms with Gasteiger partial charge in [-0.25, -0.2) is 0 Å². The molecule has 1 N–H and O–H groups in total. The van der Waals surface area contributed by atoms with E-state index in [1.165, 1.54) is 0 Å². The Balaban J connectivity index is 2.56. The van der Waals surface area contributed by atoms with E-state index in [0.717, 1.165) is 11.1 Å². The Morgan fingerprint density at radius 2 is 1.93 bits per heavy atom. The molecule has 0 aliphatic carbocycles. The highest BCUT2D eigenvalue weighted by Gasteiger charge is 1.97. The molecule has 0 spiro atoms. The van der Waals surface area contributed by atoms with Gasteiger partial charge >= 0.3 is 5.97 Å². The van der Waals surface area contributed by atoms with Crippen molar-refractivity contribution in [3.8, 4) is 0 Å². The lowest BCUT2D eigenvalue weighted by atomic mass is 10.1. The average Bonchev–Trinajstić information content (AvgIpc) is 2.16. The number of carbonyl (C=O) groups is 1. The van der Waals surface area contributed by atoms with E-state index in [2.05, 4.69) is 0 Å². The van der Waals surface area contributed by atoms with Crippen LogP contribution in [0.5, 0.6) is 0 Å². The number of hydrogen-bond acceptors (Lipinski definition) is 1. The van der Waals surface area contributed by atoms with Crippen LogP contribution in [0.25, 0.3) is 6.08 Å². The van der Waals surface area contributed by atoms with Gasteiger partial charge in [-0.15, -0.1) is 0 Å². The third-order valence-electron chi connectivity index (χ3n) is 1.95. The van der Waals surface area contributed by atoms with Crippen LogP contribution < -0.4 is 0 Å². The van der Waals surface area contributed by atoms with E-state index in [-0.39, 0.29) is 6.42 Å². The molecule has 2 nitrogen and oxygen atoms in total. The zero-order valence-electron chi connectivity index (χ0n) is 8.23. The van der Waals surface area contributed by atoms with Gasteiger partial charge in [0.25, 0.3) is 0 Å². The van der Waals surface area contributed by atoms with Crippen LogP contribution in [0.3, 0.4) is 0 Å². The smallest absolute Gasteiger partial charge is 0.303 e. The molecule has 0 unspecified atom stereocenters. The molecule has 1 rings (SSSR count). The molecule has 0 fully saturated rings. The Morgan fingerprint density at radius 3 is 2.50 bits per heavy atom. The standard InChI is InChI=1S/C12H14O2/c1-10(7-8-12(13)14)9-11-5-3-2-4-6-11/h2-6,9H,7-8H2,1H3,(H,13,14). The minimum absolute atomic E-state index is 0.204. The number of hydrogen-bond donors (Lipinski definition) is 1. The first-order valence-corrected chi connectivity index (χ1v) is 4.62. The Labute approximate surface area is 83.9 Å². The van der Waals surface area contributed by atoms with Gasteiger partial charge in [-0.2, -0.15) is 0 Å². The Kier molecular flexibility index (Phi) is 3.92. The monoisotopic (exact) mass is 190 g/mol. The van der Waals surface area contributed by atoms with Gasteiger partial charge in [0, 0.05) is 6.42 Å². The maximum Gasteiger partial charge on any atom is 0.303 e. The highest BCUT2D eigenvalue weighted by atomic mass is 16.4. The predicted molar refractivity (Wildman–Crippen MR) is 57.0 cm³/mol. The number of carboxylic acids is 1. The highest BCUT2D eigenvalue weighted by Crippen LogP contribution is 2.10. The largest absolute Gasteiger partial charge is 0.481 e. The first-order chi connectivity index (χ1) is 6.68. The molecule has 0 aliphatic rings. The van der Waals surface area contributed by atoms with Crippen molar-refractivity contribution in [2.75, 3.05) is 0 Å². The topological polar surface area (TPSA) is 37.3 Å². The first kappa shape index (κ1) is 10.5. The lowest BCUT2D eigenvalue weighted by molar-refractivity contribution is -0.136. The van der Waals surface area contributed by atoms with Crippen LogP contribution in [0.4, 0.5) is 0 Å². The predicted octanol–water partition coefficient (Wildman–Crippen LogP) is 2.95. The lowest BCUT2D eigenvalue weighted by Crippen LogP contribution is -1.93. The van der Waals surface area contributed by atoms with Crippen LogP contribution in [-0.2, 0) is 4.79 Å². The van der Waals surface area contributed by atoms with Crippen LogP contribution in [-0.4, -0.2) is 11.1 Å². The Hall–Kier alpha value is -1.57. The fraction of sp³-hybridized carbons (Fsp3) is 0.250. The second kappa shape index (κ2) is 5.22. The van der Waals surface area contributed by atoms with Crippen LogP contribution in [0.1, 0.15) is 25.3 Å². The Morgan fingerprint density at radius 1 is 1.29 bits per heavy atom. The van der Waals surface area contributed by atoms with Crippen molar-refractivity contribution < 1.29 is 9.90 Å². The van der Waals surface area contributed by atoms with Crippen molar-refractivity contribution in [1.29, 1.82) is 0 Å². The molecule has 14 heavy (non-hydrogen) atoms. The van der Waals surface area contributed by atoms with Crippen LogP contribution in [0.2, 0.25) is 0 Å². The summed E-state index contributed by atoms with van der Waals surface area (Å²) in [5, 5.41) is 8.50. The molecular weight excluding hydrogens is 176 g/mol. The van der Waals surface area contributed by atoms with Gasteiger partial charge in [0.1, 0.15) is 0 Å². The maximum atomic E-state index is 10.3. The first-order valence-electron chi connectivity index (χ1n) is 4.62. The molecule has 0 atom stereocenters. The van der Waals surface area contributed by atoms with E-state index in [0.29, 0.717) is 6.42 Å². The molecule has 1 aromatic carbocycles. The molecule has 0 saturated carbocycles. The number of benzene rings is 1. The molecule has 1 aromatic rings. The molecule has 0 aliphatic heterocycles. The van der Waals surface area contributed by atoms with Gasteiger partial charge < -0.3 is 5.11 Å². The van der Waals surface area contributed by atoms with E-state index in [1.807, 2.05) is 43.3 Å². The van der Waals surface area contributed by atoms with Crippen LogP contribution in [0, 0.1) is 0 Å². The van der Waals surface area contributed by atoms with Gasteiger partial charge in [-0.1, -0.05) is 42.0 Å². The van der Waals surface area contributed by atoms with Gasteiger partial charge in [-0.05, 0) is 18.9 Å². The normalized spacial score (nSPS) is 11.4. The summed E-state index contributed by atoms with van der Waals surface area (Å²) >= 11 is 0. The van der Waals surface area contributed by atoms with E-state index < -0.39 is 5.97 Å². The number of rotatable bonds is 4. The quantitative estimate of drug-likeness (QED) is 0.792. The fourth-order valence-electron chi connectivity index (χ4n) is 1.21.